The Kier molecular flexibility index (Phi) is 8.71. The Morgan fingerprint density at radius 3 is 2.69 bits per heavy atom. The summed E-state index contributed by atoms with van der Waals surface area (Å²) in [6.45, 7) is 8.45. The highest BCUT2D eigenvalue weighted by Crippen LogP contribution is 2.34. The quantitative estimate of drug-likeness (QED) is 0.111. The van der Waals surface area contributed by atoms with Gasteiger partial charge in [-0.2, -0.15) is 5.10 Å². The molecule has 7 rings (SSSR count). The number of nitrogens with one attached hydrogen (secondary N) is 2. The summed E-state index contributed by atoms with van der Waals surface area (Å²) in [4.78, 5) is 18.6. The summed E-state index contributed by atoms with van der Waals surface area (Å²) in [6, 6.07) is 19.5. The molecule has 3 N–H and O–H groups in total. The summed E-state index contributed by atoms with van der Waals surface area (Å²) in [5, 5.41) is 33.9. The normalized spacial score (nSPS) is 14.7. The molecule has 0 unspecified atom stereocenters. The van der Waals surface area contributed by atoms with Gasteiger partial charge in [-0.05, 0) is 36.4 Å². The summed E-state index contributed by atoms with van der Waals surface area (Å²) in [5.74, 6) is 1.65. The molecule has 49 heavy (non-hydrogen) atoms. The maximum absolute atomic E-state index is 13.3. The molecule has 1 fully saturated rings. The van der Waals surface area contributed by atoms with E-state index < -0.39 is 6.03 Å². The Morgan fingerprint density at radius 1 is 1.12 bits per heavy atom. The van der Waals surface area contributed by atoms with Crippen molar-refractivity contribution in [2.24, 2.45) is 0 Å². The number of aromatic hydroxyl groups is 1. The van der Waals surface area contributed by atoms with Crippen LogP contribution < -0.4 is 15.4 Å². The van der Waals surface area contributed by atoms with Gasteiger partial charge in [0.2, 0.25) is 0 Å². The third kappa shape index (κ3) is 6.94. The number of carbonyl (C=O) groups is 1. The van der Waals surface area contributed by atoms with Gasteiger partial charge in [0, 0.05) is 29.7 Å². The predicted molar refractivity (Wildman–Crippen MR) is 190 cm³/mol. The monoisotopic (exact) mass is 701 g/mol. The van der Waals surface area contributed by atoms with Gasteiger partial charge in [0.05, 0.1) is 51.7 Å². The average Bonchev–Trinajstić information content (AvgIpc) is 3.76. The van der Waals surface area contributed by atoms with Gasteiger partial charge >= 0.3 is 6.03 Å². The first-order chi connectivity index (χ1) is 23.5. The van der Waals surface area contributed by atoms with Crippen molar-refractivity contribution in [3.05, 3.63) is 100 Å². The minimum Gasteiger partial charge on any atom is -0.632 e. The second kappa shape index (κ2) is 13.0. The maximum atomic E-state index is 13.3. The van der Waals surface area contributed by atoms with Crippen LogP contribution in [0.5, 0.6) is 17.2 Å². The van der Waals surface area contributed by atoms with Gasteiger partial charge in [-0.1, -0.05) is 61.9 Å². The number of thiazole rings is 1. The molecule has 0 aliphatic carbocycles. The molecule has 0 atom stereocenters. The highest BCUT2D eigenvalue weighted by atomic mass is 35.5. The number of phenols is 1. The summed E-state index contributed by atoms with van der Waals surface area (Å²) in [5.41, 5.74) is 3.71. The number of ether oxygens (including phenoxy) is 2. The number of amides is 2. The van der Waals surface area contributed by atoms with Crippen molar-refractivity contribution in [3.8, 4) is 22.9 Å². The highest BCUT2D eigenvalue weighted by Gasteiger charge is 2.25. The first-order valence-corrected chi connectivity index (χ1v) is 17.1. The molecule has 0 bridgehead atoms. The number of hydrogen-bond acceptors (Lipinski definition) is 8. The van der Waals surface area contributed by atoms with Crippen LogP contribution >= 0.6 is 22.9 Å². The topological polar surface area (TPSA) is 138 Å². The number of hydroxylamine groups is 3. The highest BCUT2D eigenvalue weighted by molar-refractivity contribution is 7.23. The molecule has 4 heterocycles. The number of carbonyl (C=O) groups excluding carboxylic acids is 1. The van der Waals surface area contributed by atoms with Gasteiger partial charge < -0.3 is 29.8 Å². The van der Waals surface area contributed by atoms with E-state index in [1.54, 1.807) is 23.0 Å². The number of quaternary nitrogens is 1. The molecule has 12 nitrogen and oxygen atoms in total. The molecular weight excluding hydrogens is 666 g/mol. The summed E-state index contributed by atoms with van der Waals surface area (Å²) in [6.07, 6.45) is 1.79. The molecule has 0 saturated carbocycles. The number of nitrogens with zero attached hydrogens (tertiary/aromatic N) is 5. The fourth-order valence-corrected chi connectivity index (χ4v) is 6.96. The third-order valence-corrected chi connectivity index (χ3v) is 9.77. The third-order valence-electron chi connectivity index (χ3n) is 8.45. The van der Waals surface area contributed by atoms with Crippen molar-refractivity contribution in [1.82, 2.24) is 24.5 Å². The number of para-hydroxylation sites is 1. The summed E-state index contributed by atoms with van der Waals surface area (Å²) < 4.78 is 16.0. The number of morpholine rings is 1. The van der Waals surface area contributed by atoms with Gasteiger partial charge in [-0.25, -0.2) is 14.5 Å². The molecule has 254 valence electrons. The van der Waals surface area contributed by atoms with Gasteiger partial charge in [-0.3, -0.25) is 9.72 Å². The van der Waals surface area contributed by atoms with E-state index in [1.165, 1.54) is 17.4 Å². The van der Waals surface area contributed by atoms with Crippen LogP contribution in [0.25, 0.3) is 20.9 Å². The number of rotatable bonds is 8. The Balaban J connectivity index is 1.06. The van der Waals surface area contributed by atoms with Crippen LogP contribution in [0, 0.1) is 5.21 Å². The fourth-order valence-electron chi connectivity index (χ4n) is 5.73. The van der Waals surface area contributed by atoms with Crippen molar-refractivity contribution in [2.45, 2.75) is 39.3 Å². The zero-order valence-electron chi connectivity index (χ0n) is 27.3. The van der Waals surface area contributed by atoms with Crippen molar-refractivity contribution >= 4 is 50.0 Å². The van der Waals surface area contributed by atoms with Crippen molar-refractivity contribution < 1.29 is 24.0 Å². The first kappa shape index (κ1) is 32.9. The first-order valence-electron chi connectivity index (χ1n) is 15.9. The molecule has 1 aliphatic rings. The minimum atomic E-state index is -0.431. The number of benzene rings is 3. The smallest absolute Gasteiger partial charge is 0.320 e. The standard InChI is InChI=1S/C35H36ClN7O5S/c1-35(2,3)31-18-32(42(40-31)23-8-11-28(44)26(36)16-23)39-33(45)37-19-22-6-4-5-7-29(22)48-25-9-10-27-30(17-25)49-34-38-20-24(41(27)34)21-43(46)12-14-47-15-13-43/h4-11,16-18,20,44H,12-15,19,21H2,1-3H3,(H2,37,39,45). The molecule has 3 aromatic carbocycles. The van der Waals surface area contributed by atoms with Crippen LogP contribution in [0.4, 0.5) is 10.6 Å². The lowest BCUT2D eigenvalue weighted by Gasteiger charge is -2.44. The molecule has 0 radical (unpaired) electrons. The van der Waals surface area contributed by atoms with E-state index in [4.69, 9.17) is 26.2 Å². The second-order valence-corrected chi connectivity index (χ2v) is 14.5. The number of halogens is 1. The van der Waals surface area contributed by atoms with Crippen LogP contribution in [0.3, 0.4) is 0 Å². The van der Waals surface area contributed by atoms with Crippen molar-refractivity contribution in [1.29, 1.82) is 0 Å². The maximum Gasteiger partial charge on any atom is 0.320 e. The number of urea groups is 1. The minimum absolute atomic E-state index is 0.0415. The van der Waals surface area contributed by atoms with E-state index in [0.717, 1.165) is 32.1 Å². The number of aromatic nitrogens is 4. The zero-order valence-corrected chi connectivity index (χ0v) is 28.8. The molecule has 1 saturated heterocycles. The number of hydrogen-bond donors (Lipinski definition) is 3. The Labute approximate surface area is 291 Å². The number of imidazole rings is 1. The molecule has 6 aromatic rings. The molecule has 2 amide bonds. The van der Waals surface area contributed by atoms with Gasteiger partial charge in [0.1, 0.15) is 42.7 Å². The fraction of sp³-hybridized carbons (Fsp3) is 0.286. The summed E-state index contributed by atoms with van der Waals surface area (Å²) in [7, 11) is 0. The molecule has 3 aromatic heterocycles. The molecule has 1 aliphatic heterocycles. The van der Waals surface area contributed by atoms with E-state index in [-0.39, 0.29) is 27.4 Å². The van der Waals surface area contributed by atoms with E-state index in [0.29, 0.717) is 55.9 Å². The second-order valence-electron chi connectivity index (χ2n) is 13.1. The van der Waals surface area contributed by atoms with Crippen LogP contribution in [0.2, 0.25) is 5.02 Å². The lowest BCUT2D eigenvalue weighted by Crippen LogP contribution is -2.49. The van der Waals surface area contributed by atoms with E-state index >= 15 is 0 Å². The van der Waals surface area contributed by atoms with Crippen molar-refractivity contribution in [3.63, 3.8) is 0 Å². The van der Waals surface area contributed by atoms with Crippen LogP contribution in [-0.2, 0) is 23.2 Å². The van der Waals surface area contributed by atoms with Crippen LogP contribution in [-0.4, -0.2) is 61.3 Å². The Morgan fingerprint density at radius 2 is 1.92 bits per heavy atom. The zero-order chi connectivity index (χ0) is 34.3. The number of fused-ring (bicyclic) bond motifs is 3. The largest absolute Gasteiger partial charge is 0.632 e. The van der Waals surface area contributed by atoms with Crippen LogP contribution in [0.15, 0.2) is 72.9 Å². The van der Waals surface area contributed by atoms with Gasteiger partial charge in [0.25, 0.3) is 0 Å². The number of phenolic OH excluding ortho intramolecular Hbond substituents is 1. The Hall–Kier alpha value is -4.66. The van der Waals surface area contributed by atoms with E-state index in [1.807, 2.05) is 69.3 Å². The lowest BCUT2D eigenvalue weighted by atomic mass is 9.92. The molecular formula is C35H36ClN7O5S. The predicted octanol–water partition coefficient (Wildman–Crippen LogP) is 7.35. The Bertz CT molecular complexity index is 2160. The van der Waals surface area contributed by atoms with Crippen molar-refractivity contribution in [2.75, 3.05) is 31.6 Å². The average molecular weight is 702 g/mol. The summed E-state index contributed by atoms with van der Waals surface area (Å²) >= 11 is 7.71. The lowest BCUT2D eigenvalue weighted by molar-refractivity contribution is -0.901. The molecule has 14 heteroatoms. The van der Waals surface area contributed by atoms with Crippen LogP contribution in [0.1, 0.15) is 37.7 Å². The van der Waals surface area contributed by atoms with Gasteiger partial charge in [-0.15, -0.1) is 0 Å². The number of anilines is 1. The van der Waals surface area contributed by atoms with E-state index in [2.05, 4.69) is 20.0 Å². The molecule has 0 spiro atoms. The SMILES string of the molecule is CC(C)(C)c1cc(NC(=O)NCc2ccccc2Oc2ccc3c(c2)sc2ncc(C[N+]4([O-])CCOCC4)n23)n(-c2ccc(O)c(Cl)c2)n1. The van der Waals surface area contributed by atoms with Gasteiger partial charge in [0.15, 0.2) is 4.96 Å². The van der Waals surface area contributed by atoms with E-state index in [9.17, 15) is 15.1 Å².